The number of carbonyl (C=O) groups is 1. The lowest BCUT2D eigenvalue weighted by Gasteiger charge is -2.28. The van der Waals surface area contributed by atoms with Crippen LogP contribution in [-0.4, -0.2) is 69.6 Å². The number of hydrogen-bond acceptors (Lipinski definition) is 5. The molecule has 2 aliphatic rings. The molecule has 2 heterocycles. The van der Waals surface area contributed by atoms with Gasteiger partial charge in [0.05, 0.1) is 24.7 Å². The SMILES string of the molecule is O=C(C1COCCN1)N1CCCS(=O)(=O)CC1. The van der Waals surface area contributed by atoms with Crippen molar-refractivity contribution in [3.63, 3.8) is 0 Å². The molecule has 0 spiro atoms. The maximum absolute atomic E-state index is 12.1. The molecule has 2 rings (SSSR count). The maximum atomic E-state index is 12.1. The Kier molecular flexibility index (Phi) is 4.01. The van der Waals surface area contributed by atoms with Crippen LogP contribution < -0.4 is 5.32 Å². The summed E-state index contributed by atoms with van der Waals surface area (Å²) in [5, 5.41) is 3.09. The van der Waals surface area contributed by atoms with Gasteiger partial charge in [0, 0.05) is 19.6 Å². The fourth-order valence-electron chi connectivity index (χ4n) is 2.10. The quantitative estimate of drug-likeness (QED) is 0.630. The van der Waals surface area contributed by atoms with Gasteiger partial charge < -0.3 is 15.0 Å². The fraction of sp³-hybridized carbons (Fsp3) is 0.900. The van der Waals surface area contributed by atoms with Gasteiger partial charge in [-0.05, 0) is 6.42 Å². The third-order valence-corrected chi connectivity index (χ3v) is 4.80. The van der Waals surface area contributed by atoms with Gasteiger partial charge in [-0.2, -0.15) is 0 Å². The van der Waals surface area contributed by atoms with Crippen LogP contribution in [0.15, 0.2) is 0 Å². The zero-order valence-electron chi connectivity index (χ0n) is 9.72. The van der Waals surface area contributed by atoms with Gasteiger partial charge in [0.2, 0.25) is 5.91 Å². The molecule has 2 aliphatic heterocycles. The van der Waals surface area contributed by atoms with Crippen molar-refractivity contribution in [2.24, 2.45) is 0 Å². The third kappa shape index (κ3) is 3.40. The minimum atomic E-state index is -2.96. The molecule has 1 unspecified atom stereocenters. The minimum absolute atomic E-state index is 0.0400. The Balaban J connectivity index is 1.95. The zero-order chi connectivity index (χ0) is 12.3. The Morgan fingerprint density at radius 2 is 2.12 bits per heavy atom. The topological polar surface area (TPSA) is 75.7 Å². The normalized spacial score (nSPS) is 29.6. The molecule has 0 aromatic rings. The highest BCUT2D eigenvalue weighted by molar-refractivity contribution is 7.91. The van der Waals surface area contributed by atoms with Crippen LogP contribution in [0.3, 0.4) is 0 Å². The van der Waals surface area contributed by atoms with Crippen LogP contribution in [0.2, 0.25) is 0 Å². The molecule has 0 radical (unpaired) electrons. The van der Waals surface area contributed by atoms with E-state index in [1.807, 2.05) is 0 Å². The van der Waals surface area contributed by atoms with E-state index in [0.717, 1.165) is 0 Å². The monoisotopic (exact) mass is 262 g/mol. The predicted octanol–water partition coefficient (Wildman–Crippen LogP) is -1.38. The number of rotatable bonds is 1. The smallest absolute Gasteiger partial charge is 0.242 e. The lowest BCUT2D eigenvalue weighted by Crippen LogP contribution is -2.53. The van der Waals surface area contributed by atoms with Gasteiger partial charge in [0.25, 0.3) is 0 Å². The van der Waals surface area contributed by atoms with Gasteiger partial charge in [0.15, 0.2) is 9.84 Å². The standard InChI is InChI=1S/C10H18N2O4S/c13-10(9-8-16-5-2-11-9)12-3-1-6-17(14,15)7-4-12/h9,11H,1-8H2. The summed E-state index contributed by atoms with van der Waals surface area (Å²) < 4.78 is 28.1. The van der Waals surface area contributed by atoms with E-state index in [1.54, 1.807) is 4.90 Å². The Bertz CT molecular complexity index is 376. The van der Waals surface area contributed by atoms with Gasteiger partial charge in [-0.3, -0.25) is 4.79 Å². The molecule has 6 nitrogen and oxygen atoms in total. The number of carbonyl (C=O) groups excluding carboxylic acids is 1. The number of nitrogens with one attached hydrogen (secondary N) is 1. The summed E-state index contributed by atoms with van der Waals surface area (Å²) in [6.45, 7) is 2.50. The Morgan fingerprint density at radius 1 is 1.29 bits per heavy atom. The highest BCUT2D eigenvalue weighted by atomic mass is 32.2. The van der Waals surface area contributed by atoms with Crippen LogP contribution in [-0.2, 0) is 19.4 Å². The Hall–Kier alpha value is -0.660. The predicted molar refractivity (Wildman–Crippen MR) is 62.5 cm³/mol. The first-order valence-corrected chi connectivity index (χ1v) is 7.71. The van der Waals surface area contributed by atoms with Crippen LogP contribution in [0, 0.1) is 0 Å². The van der Waals surface area contributed by atoms with Gasteiger partial charge in [0.1, 0.15) is 6.04 Å². The van der Waals surface area contributed by atoms with Gasteiger partial charge in [-0.25, -0.2) is 8.42 Å². The third-order valence-electron chi connectivity index (χ3n) is 3.09. The van der Waals surface area contributed by atoms with E-state index in [4.69, 9.17) is 4.74 Å². The van der Waals surface area contributed by atoms with Crippen LogP contribution in [0.1, 0.15) is 6.42 Å². The number of amides is 1. The van der Waals surface area contributed by atoms with E-state index in [1.165, 1.54) is 0 Å². The van der Waals surface area contributed by atoms with Gasteiger partial charge in [-0.1, -0.05) is 0 Å². The van der Waals surface area contributed by atoms with Crippen molar-refractivity contribution in [2.75, 3.05) is 44.4 Å². The molecule has 0 bridgehead atoms. The molecule has 17 heavy (non-hydrogen) atoms. The van der Waals surface area contributed by atoms with E-state index >= 15 is 0 Å². The first-order chi connectivity index (χ1) is 8.08. The van der Waals surface area contributed by atoms with Crippen LogP contribution in [0.5, 0.6) is 0 Å². The second-order valence-corrected chi connectivity index (χ2v) is 6.72. The van der Waals surface area contributed by atoms with Crippen LogP contribution in [0.25, 0.3) is 0 Å². The largest absolute Gasteiger partial charge is 0.378 e. The average molecular weight is 262 g/mol. The number of ether oxygens (including phenoxy) is 1. The molecule has 2 saturated heterocycles. The summed E-state index contributed by atoms with van der Waals surface area (Å²) in [7, 11) is -2.96. The molecule has 1 amide bonds. The molecule has 0 saturated carbocycles. The lowest BCUT2D eigenvalue weighted by atomic mass is 10.2. The Labute approximate surface area is 101 Å². The van der Waals surface area contributed by atoms with Crippen LogP contribution >= 0.6 is 0 Å². The second-order valence-electron chi connectivity index (χ2n) is 4.41. The van der Waals surface area contributed by atoms with Crippen molar-refractivity contribution in [3.8, 4) is 0 Å². The van der Waals surface area contributed by atoms with Crippen molar-refractivity contribution < 1.29 is 17.9 Å². The molecule has 1 atom stereocenters. The van der Waals surface area contributed by atoms with Crippen molar-refractivity contribution in [1.29, 1.82) is 0 Å². The molecular weight excluding hydrogens is 244 g/mol. The summed E-state index contributed by atoms with van der Waals surface area (Å²) in [4.78, 5) is 13.7. The van der Waals surface area contributed by atoms with Crippen LogP contribution in [0.4, 0.5) is 0 Å². The van der Waals surface area contributed by atoms with Crippen molar-refractivity contribution in [2.45, 2.75) is 12.5 Å². The molecule has 98 valence electrons. The summed E-state index contributed by atoms with van der Waals surface area (Å²) in [6, 6.07) is -0.315. The van der Waals surface area contributed by atoms with Crippen molar-refractivity contribution in [3.05, 3.63) is 0 Å². The molecule has 0 aliphatic carbocycles. The van der Waals surface area contributed by atoms with Gasteiger partial charge >= 0.3 is 0 Å². The molecule has 0 aromatic carbocycles. The summed E-state index contributed by atoms with van der Waals surface area (Å²) in [6.07, 6.45) is 0.529. The Morgan fingerprint density at radius 3 is 2.82 bits per heavy atom. The summed E-state index contributed by atoms with van der Waals surface area (Å²) in [5.74, 6) is 0.222. The highest BCUT2D eigenvalue weighted by Crippen LogP contribution is 2.08. The molecule has 0 aromatic heterocycles. The second kappa shape index (κ2) is 5.32. The maximum Gasteiger partial charge on any atom is 0.242 e. The molecule has 7 heteroatoms. The van der Waals surface area contributed by atoms with E-state index in [-0.39, 0.29) is 23.5 Å². The highest BCUT2D eigenvalue weighted by Gasteiger charge is 2.28. The van der Waals surface area contributed by atoms with E-state index in [9.17, 15) is 13.2 Å². The van der Waals surface area contributed by atoms with Crippen molar-refractivity contribution >= 4 is 15.7 Å². The zero-order valence-corrected chi connectivity index (χ0v) is 10.5. The van der Waals surface area contributed by atoms with E-state index < -0.39 is 9.84 Å². The van der Waals surface area contributed by atoms with E-state index in [0.29, 0.717) is 39.3 Å². The fourth-order valence-corrected chi connectivity index (χ4v) is 3.37. The molecule has 2 fully saturated rings. The number of hydrogen-bond donors (Lipinski definition) is 1. The first-order valence-electron chi connectivity index (χ1n) is 5.89. The average Bonchev–Trinajstić information content (AvgIpc) is 2.50. The number of morpholine rings is 1. The first kappa shape index (κ1) is 12.8. The van der Waals surface area contributed by atoms with E-state index in [2.05, 4.69) is 5.32 Å². The number of nitrogens with zero attached hydrogens (tertiary/aromatic N) is 1. The van der Waals surface area contributed by atoms with Gasteiger partial charge in [-0.15, -0.1) is 0 Å². The molecule has 1 N–H and O–H groups in total. The molecular formula is C10H18N2O4S. The summed E-state index contributed by atoms with van der Waals surface area (Å²) >= 11 is 0. The van der Waals surface area contributed by atoms with Crippen molar-refractivity contribution in [1.82, 2.24) is 10.2 Å². The number of sulfone groups is 1. The summed E-state index contributed by atoms with van der Waals surface area (Å²) in [5.41, 5.74) is 0. The lowest BCUT2D eigenvalue weighted by molar-refractivity contribution is -0.136. The minimum Gasteiger partial charge on any atom is -0.378 e.